The molecule has 0 fully saturated rings. The summed E-state index contributed by atoms with van der Waals surface area (Å²) in [6.07, 6.45) is 0. The Bertz CT molecular complexity index is 805. The number of carbonyl (C=O) groups is 1. The average Bonchev–Trinajstić information content (AvgIpc) is 3.03. The van der Waals surface area contributed by atoms with E-state index in [1.807, 2.05) is 48.9 Å². The van der Waals surface area contributed by atoms with Gasteiger partial charge in [-0.25, -0.2) is 0 Å². The molecular weight excluding hydrogens is 284 g/mol. The van der Waals surface area contributed by atoms with E-state index < -0.39 is 0 Å². The number of para-hydroxylation sites is 1. The summed E-state index contributed by atoms with van der Waals surface area (Å²) in [4.78, 5) is 15.4. The quantitative estimate of drug-likeness (QED) is 0.747. The molecular formula is C15H16N4OS. The summed E-state index contributed by atoms with van der Waals surface area (Å²) in [5, 5.41) is 5.06. The molecule has 2 heterocycles. The SMILES string of the molecule is Cc1nnsc1CN(C)C(=O)c1cc2ccccc2n1C. The van der Waals surface area contributed by atoms with Gasteiger partial charge in [0.15, 0.2) is 0 Å². The first-order valence-corrected chi connectivity index (χ1v) is 7.43. The number of hydrogen-bond donors (Lipinski definition) is 0. The van der Waals surface area contributed by atoms with E-state index in [0.717, 1.165) is 21.5 Å². The first kappa shape index (κ1) is 13.8. The molecule has 0 N–H and O–H groups in total. The van der Waals surface area contributed by atoms with Crippen LogP contribution in [0.2, 0.25) is 0 Å². The van der Waals surface area contributed by atoms with Crippen molar-refractivity contribution in [3.63, 3.8) is 0 Å². The Morgan fingerprint density at radius 2 is 2.14 bits per heavy atom. The number of carbonyl (C=O) groups excluding carboxylic acids is 1. The molecule has 0 bridgehead atoms. The number of benzene rings is 1. The summed E-state index contributed by atoms with van der Waals surface area (Å²) in [6, 6.07) is 9.93. The summed E-state index contributed by atoms with van der Waals surface area (Å²) in [7, 11) is 3.72. The molecule has 0 aliphatic rings. The Morgan fingerprint density at radius 3 is 2.81 bits per heavy atom. The van der Waals surface area contributed by atoms with Crippen molar-refractivity contribution in [3.8, 4) is 0 Å². The third-order valence-electron chi connectivity index (χ3n) is 3.64. The molecule has 0 radical (unpaired) electrons. The molecule has 0 aliphatic heterocycles. The highest BCUT2D eigenvalue weighted by molar-refractivity contribution is 7.05. The zero-order valence-electron chi connectivity index (χ0n) is 12.2. The van der Waals surface area contributed by atoms with Crippen LogP contribution in [0.1, 0.15) is 21.1 Å². The molecule has 108 valence electrons. The minimum atomic E-state index is 0.00139. The molecule has 0 saturated carbocycles. The van der Waals surface area contributed by atoms with Gasteiger partial charge in [-0.3, -0.25) is 4.79 Å². The smallest absolute Gasteiger partial charge is 0.270 e. The number of aryl methyl sites for hydroxylation is 2. The third kappa shape index (κ3) is 2.42. The van der Waals surface area contributed by atoms with Crippen molar-refractivity contribution < 1.29 is 4.79 Å². The Labute approximate surface area is 127 Å². The highest BCUT2D eigenvalue weighted by atomic mass is 32.1. The first-order chi connectivity index (χ1) is 10.1. The lowest BCUT2D eigenvalue weighted by atomic mass is 10.2. The molecule has 0 saturated heterocycles. The summed E-state index contributed by atoms with van der Waals surface area (Å²) < 4.78 is 5.84. The molecule has 0 atom stereocenters. The Morgan fingerprint density at radius 1 is 1.38 bits per heavy atom. The van der Waals surface area contributed by atoms with Crippen molar-refractivity contribution in [3.05, 3.63) is 46.6 Å². The van der Waals surface area contributed by atoms with Crippen LogP contribution >= 0.6 is 11.5 Å². The molecule has 2 aromatic heterocycles. The second-order valence-electron chi connectivity index (χ2n) is 5.09. The highest BCUT2D eigenvalue weighted by Crippen LogP contribution is 2.20. The molecule has 21 heavy (non-hydrogen) atoms. The van der Waals surface area contributed by atoms with E-state index in [0.29, 0.717) is 12.2 Å². The van der Waals surface area contributed by atoms with Crippen molar-refractivity contribution >= 4 is 28.3 Å². The Balaban J connectivity index is 1.89. The van der Waals surface area contributed by atoms with Crippen LogP contribution in [0.15, 0.2) is 30.3 Å². The number of nitrogens with zero attached hydrogens (tertiary/aromatic N) is 4. The highest BCUT2D eigenvalue weighted by Gasteiger charge is 2.18. The third-order valence-corrected chi connectivity index (χ3v) is 4.45. The van der Waals surface area contributed by atoms with Gasteiger partial charge >= 0.3 is 0 Å². The average molecular weight is 300 g/mol. The van der Waals surface area contributed by atoms with E-state index >= 15 is 0 Å². The van der Waals surface area contributed by atoms with Crippen LogP contribution < -0.4 is 0 Å². The second kappa shape index (κ2) is 5.29. The first-order valence-electron chi connectivity index (χ1n) is 6.65. The predicted octanol–water partition coefficient (Wildman–Crippen LogP) is 2.61. The van der Waals surface area contributed by atoms with E-state index in [-0.39, 0.29) is 5.91 Å². The van der Waals surface area contributed by atoms with Crippen LogP contribution in [-0.2, 0) is 13.6 Å². The van der Waals surface area contributed by atoms with E-state index in [4.69, 9.17) is 0 Å². The summed E-state index contributed by atoms with van der Waals surface area (Å²) in [6.45, 7) is 2.44. The standard InChI is InChI=1S/C15H16N4OS/c1-10-14(21-17-16-10)9-18(2)15(20)13-8-11-6-4-5-7-12(11)19(13)3/h4-8H,9H2,1-3H3. The summed E-state index contributed by atoms with van der Waals surface area (Å²) in [5.41, 5.74) is 2.63. The van der Waals surface area contributed by atoms with Crippen molar-refractivity contribution in [2.24, 2.45) is 7.05 Å². The van der Waals surface area contributed by atoms with Crippen LogP contribution in [0.25, 0.3) is 10.9 Å². The van der Waals surface area contributed by atoms with Crippen LogP contribution in [0, 0.1) is 6.92 Å². The fourth-order valence-corrected chi connectivity index (χ4v) is 3.06. The van der Waals surface area contributed by atoms with Crippen molar-refractivity contribution in [1.82, 2.24) is 19.1 Å². The van der Waals surface area contributed by atoms with E-state index in [1.54, 1.807) is 11.9 Å². The lowest BCUT2D eigenvalue weighted by Gasteiger charge is -2.16. The molecule has 0 spiro atoms. The van der Waals surface area contributed by atoms with Crippen molar-refractivity contribution in [2.45, 2.75) is 13.5 Å². The monoisotopic (exact) mass is 300 g/mol. The van der Waals surface area contributed by atoms with Gasteiger partial charge in [-0.1, -0.05) is 22.7 Å². The van der Waals surface area contributed by atoms with Crippen LogP contribution in [0.4, 0.5) is 0 Å². The van der Waals surface area contributed by atoms with Crippen molar-refractivity contribution in [1.29, 1.82) is 0 Å². The molecule has 0 aliphatic carbocycles. The van der Waals surface area contributed by atoms with E-state index in [9.17, 15) is 4.79 Å². The summed E-state index contributed by atoms with van der Waals surface area (Å²) in [5.74, 6) is 0.00139. The maximum atomic E-state index is 12.6. The maximum absolute atomic E-state index is 12.6. The van der Waals surface area contributed by atoms with Crippen LogP contribution in [0.3, 0.4) is 0 Å². The Hall–Kier alpha value is -2.21. The van der Waals surface area contributed by atoms with Crippen molar-refractivity contribution in [2.75, 3.05) is 7.05 Å². The normalized spacial score (nSPS) is 11.0. The van der Waals surface area contributed by atoms with Gasteiger partial charge in [0, 0.05) is 25.0 Å². The number of fused-ring (bicyclic) bond motifs is 1. The zero-order valence-corrected chi connectivity index (χ0v) is 13.0. The van der Waals surface area contributed by atoms with Crippen LogP contribution in [-0.4, -0.2) is 32.0 Å². The lowest BCUT2D eigenvalue weighted by Crippen LogP contribution is -2.27. The minimum Gasteiger partial charge on any atom is -0.340 e. The van der Waals surface area contributed by atoms with Gasteiger partial charge in [0.05, 0.1) is 17.1 Å². The van der Waals surface area contributed by atoms with Gasteiger partial charge in [0.25, 0.3) is 5.91 Å². The van der Waals surface area contributed by atoms with Gasteiger partial charge in [-0.15, -0.1) is 5.10 Å². The largest absolute Gasteiger partial charge is 0.340 e. The predicted molar refractivity (Wildman–Crippen MR) is 83.4 cm³/mol. The lowest BCUT2D eigenvalue weighted by molar-refractivity contribution is 0.0777. The summed E-state index contributed by atoms with van der Waals surface area (Å²) >= 11 is 1.34. The topological polar surface area (TPSA) is 51.0 Å². The zero-order chi connectivity index (χ0) is 15.0. The maximum Gasteiger partial charge on any atom is 0.270 e. The molecule has 1 aromatic carbocycles. The minimum absolute atomic E-state index is 0.00139. The number of amides is 1. The number of aromatic nitrogens is 3. The van der Waals surface area contributed by atoms with Gasteiger partial charge < -0.3 is 9.47 Å². The van der Waals surface area contributed by atoms with E-state index in [2.05, 4.69) is 9.59 Å². The number of hydrogen-bond acceptors (Lipinski definition) is 4. The van der Waals surface area contributed by atoms with Gasteiger partial charge in [-0.2, -0.15) is 0 Å². The fourth-order valence-electron chi connectivity index (χ4n) is 2.37. The van der Waals surface area contributed by atoms with Gasteiger partial charge in [-0.05, 0) is 30.6 Å². The molecule has 3 aromatic rings. The van der Waals surface area contributed by atoms with Gasteiger partial charge in [0.1, 0.15) is 5.69 Å². The molecule has 0 unspecified atom stereocenters. The fraction of sp³-hybridized carbons (Fsp3) is 0.267. The molecule has 1 amide bonds. The molecule has 6 heteroatoms. The van der Waals surface area contributed by atoms with E-state index in [1.165, 1.54) is 11.5 Å². The Kier molecular flexibility index (Phi) is 3.47. The van der Waals surface area contributed by atoms with Crippen LogP contribution in [0.5, 0.6) is 0 Å². The second-order valence-corrected chi connectivity index (χ2v) is 5.93. The molecule has 5 nitrogen and oxygen atoms in total. The molecule has 3 rings (SSSR count). The number of rotatable bonds is 3. The van der Waals surface area contributed by atoms with Gasteiger partial charge in [0.2, 0.25) is 0 Å².